The minimum atomic E-state index is -0.534. The van der Waals surface area contributed by atoms with Crippen molar-refractivity contribution in [2.45, 2.75) is 26.7 Å². The normalized spacial score (nSPS) is 16.6. The number of allylic oxidation sites excluding steroid dienone is 3. The summed E-state index contributed by atoms with van der Waals surface area (Å²) in [6.07, 6.45) is 3.69. The Morgan fingerprint density at radius 3 is 2.40 bits per heavy atom. The molecule has 0 amide bonds. The lowest BCUT2D eigenvalue weighted by Crippen LogP contribution is -2.31. The molecule has 0 spiro atoms. The van der Waals surface area contributed by atoms with Crippen LogP contribution < -0.4 is 5.32 Å². The quantitative estimate of drug-likeness (QED) is 0.632. The molecule has 0 aliphatic carbocycles. The lowest BCUT2D eigenvalue weighted by Gasteiger charge is -2.30. The third kappa shape index (κ3) is 4.89. The molecule has 2 aromatic rings. The Labute approximate surface area is 181 Å². The number of carbonyl (C=O) groups excluding carboxylic acids is 2. The highest BCUT2D eigenvalue weighted by atomic mass is 35.5. The molecule has 0 bridgehead atoms. The molecule has 0 radical (unpaired) electrons. The highest BCUT2D eigenvalue weighted by Gasteiger charge is 2.35. The maximum Gasteiger partial charge on any atom is 0.337 e. The molecule has 1 unspecified atom stereocenters. The summed E-state index contributed by atoms with van der Waals surface area (Å²) in [5, 5.41) is 3.70. The van der Waals surface area contributed by atoms with Crippen molar-refractivity contribution in [1.29, 1.82) is 0 Å². The van der Waals surface area contributed by atoms with Crippen LogP contribution in [0.1, 0.15) is 37.8 Å². The molecule has 0 saturated heterocycles. The number of nitrogens with one attached hydrogen (secondary N) is 1. The van der Waals surface area contributed by atoms with Gasteiger partial charge in [-0.25, -0.2) is 4.79 Å². The molecular formula is C25H24ClNO3. The Bertz CT molecular complexity index is 1050. The maximum absolute atomic E-state index is 13.0. The van der Waals surface area contributed by atoms with Gasteiger partial charge in [-0.05, 0) is 50.1 Å². The van der Waals surface area contributed by atoms with Crippen LogP contribution in [0.15, 0.2) is 83.2 Å². The Kier molecular flexibility index (Phi) is 6.91. The zero-order chi connectivity index (χ0) is 21.7. The van der Waals surface area contributed by atoms with Gasteiger partial charge in [-0.2, -0.15) is 0 Å². The predicted octanol–water partition coefficient (Wildman–Crippen LogP) is 5.42. The van der Waals surface area contributed by atoms with Gasteiger partial charge in [0.1, 0.15) is 6.61 Å². The van der Waals surface area contributed by atoms with Crippen LogP contribution in [-0.2, 0) is 14.3 Å². The van der Waals surface area contributed by atoms with E-state index in [9.17, 15) is 9.59 Å². The molecule has 0 saturated carbocycles. The van der Waals surface area contributed by atoms with Gasteiger partial charge in [-0.15, -0.1) is 0 Å². The van der Waals surface area contributed by atoms with E-state index in [-0.39, 0.29) is 12.4 Å². The fraction of sp³-hybridized carbons (Fsp3) is 0.200. The van der Waals surface area contributed by atoms with Gasteiger partial charge in [0.15, 0.2) is 5.78 Å². The van der Waals surface area contributed by atoms with E-state index in [0.29, 0.717) is 21.9 Å². The first-order valence-corrected chi connectivity index (χ1v) is 10.1. The van der Waals surface area contributed by atoms with Crippen LogP contribution in [0.4, 0.5) is 0 Å². The van der Waals surface area contributed by atoms with E-state index in [1.165, 1.54) is 6.92 Å². The molecule has 3 rings (SSSR count). The SMILES string of the molecule is CC(=O)C1=C(C)NC(C)=C(C(=O)OCC=Cc2ccccc2)C1c1cccc(Cl)c1. The highest BCUT2D eigenvalue weighted by Crippen LogP contribution is 2.39. The van der Waals surface area contributed by atoms with Gasteiger partial charge in [0.25, 0.3) is 0 Å². The number of hydrogen-bond donors (Lipinski definition) is 1. The first-order valence-electron chi connectivity index (χ1n) is 9.72. The molecule has 154 valence electrons. The van der Waals surface area contributed by atoms with Gasteiger partial charge in [0.05, 0.1) is 5.57 Å². The van der Waals surface area contributed by atoms with Crippen LogP contribution in [0.25, 0.3) is 6.08 Å². The number of carbonyl (C=O) groups is 2. The van der Waals surface area contributed by atoms with Crippen molar-refractivity contribution < 1.29 is 14.3 Å². The molecule has 1 aliphatic rings. The van der Waals surface area contributed by atoms with Gasteiger partial charge < -0.3 is 10.1 Å². The standard InChI is InChI=1S/C25H24ClNO3/c1-16-22(18(3)28)24(20-12-7-13-21(26)15-20)23(17(2)27-16)25(29)30-14-8-11-19-9-5-4-6-10-19/h4-13,15,24,27H,14H2,1-3H3. The summed E-state index contributed by atoms with van der Waals surface area (Å²) in [7, 11) is 0. The third-order valence-electron chi connectivity index (χ3n) is 4.96. The van der Waals surface area contributed by atoms with Crippen molar-refractivity contribution in [3.8, 4) is 0 Å². The summed E-state index contributed by atoms with van der Waals surface area (Å²) in [5.74, 6) is -1.10. The van der Waals surface area contributed by atoms with E-state index in [4.69, 9.17) is 16.3 Å². The molecule has 1 N–H and O–H groups in total. The second-order valence-electron chi connectivity index (χ2n) is 7.16. The van der Waals surface area contributed by atoms with Crippen LogP contribution in [0.5, 0.6) is 0 Å². The molecule has 1 aliphatic heterocycles. The van der Waals surface area contributed by atoms with Gasteiger partial charge in [0, 0.05) is 27.9 Å². The Hall–Kier alpha value is -3.11. The van der Waals surface area contributed by atoms with E-state index < -0.39 is 11.9 Å². The number of hydrogen-bond acceptors (Lipinski definition) is 4. The minimum Gasteiger partial charge on any atom is -0.458 e. The summed E-state index contributed by atoms with van der Waals surface area (Å²) in [5.41, 5.74) is 4.15. The molecule has 5 heteroatoms. The molecule has 1 atom stereocenters. The van der Waals surface area contributed by atoms with Crippen LogP contribution in [0.2, 0.25) is 5.02 Å². The third-order valence-corrected chi connectivity index (χ3v) is 5.20. The molecular weight excluding hydrogens is 398 g/mol. The predicted molar refractivity (Wildman–Crippen MR) is 120 cm³/mol. The number of halogens is 1. The fourth-order valence-corrected chi connectivity index (χ4v) is 3.90. The number of dihydropyridines is 1. The first-order chi connectivity index (χ1) is 14.4. The number of benzene rings is 2. The highest BCUT2D eigenvalue weighted by molar-refractivity contribution is 6.30. The minimum absolute atomic E-state index is 0.105. The van der Waals surface area contributed by atoms with E-state index in [1.807, 2.05) is 62.4 Å². The maximum atomic E-state index is 13.0. The average Bonchev–Trinajstić information content (AvgIpc) is 2.71. The van der Waals surface area contributed by atoms with Crippen molar-refractivity contribution in [2.24, 2.45) is 0 Å². The lowest BCUT2D eigenvalue weighted by atomic mass is 9.79. The van der Waals surface area contributed by atoms with Crippen molar-refractivity contribution >= 4 is 29.4 Å². The van der Waals surface area contributed by atoms with Gasteiger partial charge in [-0.3, -0.25) is 4.79 Å². The summed E-state index contributed by atoms with van der Waals surface area (Å²) >= 11 is 6.19. The lowest BCUT2D eigenvalue weighted by molar-refractivity contribution is -0.138. The topological polar surface area (TPSA) is 55.4 Å². The van der Waals surface area contributed by atoms with Crippen LogP contribution in [0, 0.1) is 0 Å². The molecule has 2 aromatic carbocycles. The van der Waals surface area contributed by atoms with Crippen molar-refractivity contribution in [1.82, 2.24) is 5.32 Å². The second-order valence-corrected chi connectivity index (χ2v) is 7.59. The zero-order valence-corrected chi connectivity index (χ0v) is 18.0. The van der Waals surface area contributed by atoms with Crippen LogP contribution in [0.3, 0.4) is 0 Å². The summed E-state index contributed by atoms with van der Waals surface area (Å²) in [6, 6.07) is 17.0. The van der Waals surface area contributed by atoms with Gasteiger partial charge in [0.2, 0.25) is 0 Å². The monoisotopic (exact) mass is 421 g/mol. The number of esters is 1. The molecule has 30 heavy (non-hydrogen) atoms. The van der Waals surface area contributed by atoms with Crippen molar-refractivity contribution in [3.63, 3.8) is 0 Å². The van der Waals surface area contributed by atoms with Crippen molar-refractivity contribution in [2.75, 3.05) is 6.61 Å². The summed E-state index contributed by atoms with van der Waals surface area (Å²) in [6.45, 7) is 5.28. The number of ketones is 1. The molecule has 0 fully saturated rings. The first kappa shape index (κ1) is 21.6. The van der Waals surface area contributed by atoms with Gasteiger partial charge in [-0.1, -0.05) is 60.1 Å². The fourth-order valence-electron chi connectivity index (χ4n) is 3.70. The largest absolute Gasteiger partial charge is 0.458 e. The Morgan fingerprint density at radius 1 is 1.03 bits per heavy atom. The second kappa shape index (κ2) is 9.59. The Balaban J connectivity index is 1.88. The summed E-state index contributed by atoms with van der Waals surface area (Å²) < 4.78 is 5.53. The van der Waals surface area contributed by atoms with Crippen molar-refractivity contribution in [3.05, 3.63) is 99.4 Å². The van der Waals surface area contributed by atoms with Crippen LogP contribution >= 0.6 is 11.6 Å². The van der Waals surface area contributed by atoms with Crippen LogP contribution in [-0.4, -0.2) is 18.4 Å². The Morgan fingerprint density at radius 2 is 1.73 bits per heavy atom. The van der Waals surface area contributed by atoms with E-state index in [2.05, 4.69) is 5.32 Å². The smallest absolute Gasteiger partial charge is 0.337 e. The zero-order valence-electron chi connectivity index (χ0n) is 17.2. The van der Waals surface area contributed by atoms with E-state index in [1.54, 1.807) is 18.2 Å². The van der Waals surface area contributed by atoms with Gasteiger partial charge >= 0.3 is 5.97 Å². The number of Topliss-reactive ketones (excluding diaryl/α,β-unsaturated/α-hetero) is 1. The number of ether oxygens (including phenoxy) is 1. The van der Waals surface area contributed by atoms with E-state index in [0.717, 1.165) is 16.8 Å². The molecule has 0 aromatic heterocycles. The molecule has 4 nitrogen and oxygen atoms in total. The molecule has 1 heterocycles. The summed E-state index contributed by atoms with van der Waals surface area (Å²) in [4.78, 5) is 25.5. The number of rotatable bonds is 6. The average molecular weight is 422 g/mol. The van der Waals surface area contributed by atoms with E-state index >= 15 is 0 Å².